The van der Waals surface area contributed by atoms with Crippen molar-refractivity contribution in [1.82, 2.24) is 0 Å². The summed E-state index contributed by atoms with van der Waals surface area (Å²) in [6.07, 6.45) is 4.83. The average molecular weight is 381 g/mol. The third-order valence-electron chi connectivity index (χ3n) is 4.70. The Balaban J connectivity index is 1.74. The van der Waals surface area contributed by atoms with Crippen molar-refractivity contribution in [2.24, 2.45) is 0 Å². The van der Waals surface area contributed by atoms with Gasteiger partial charge in [0, 0.05) is 17.3 Å². The molecule has 1 aliphatic rings. The largest absolute Gasteiger partial charge is 0.493 e. The number of carbonyl (C=O) groups excluding carboxylic acids is 1. The summed E-state index contributed by atoms with van der Waals surface area (Å²) in [5.41, 5.74) is 3.51. The Bertz CT molecular complexity index is 915. The van der Waals surface area contributed by atoms with Crippen molar-refractivity contribution in [3.05, 3.63) is 53.1 Å². The molecule has 0 atom stereocenters. The Labute approximate surface area is 166 Å². The van der Waals surface area contributed by atoms with E-state index in [4.69, 9.17) is 14.2 Å². The monoisotopic (exact) mass is 381 g/mol. The van der Waals surface area contributed by atoms with Crippen molar-refractivity contribution in [3.63, 3.8) is 0 Å². The highest BCUT2D eigenvalue weighted by molar-refractivity contribution is 5.93. The number of hydrogen-bond acceptors (Lipinski definition) is 4. The first-order valence-electron chi connectivity index (χ1n) is 9.44. The molecule has 1 amide bonds. The van der Waals surface area contributed by atoms with E-state index in [1.54, 1.807) is 13.2 Å². The lowest BCUT2D eigenvalue weighted by Gasteiger charge is -2.28. The van der Waals surface area contributed by atoms with E-state index in [0.29, 0.717) is 11.5 Å². The SMILES string of the molecule is CCc1cccc(C)c1NC(=O)COc1cc2c(cc1OC)OC(C)(C)C=C2. The van der Waals surface area contributed by atoms with Gasteiger partial charge in [-0.1, -0.05) is 31.2 Å². The van der Waals surface area contributed by atoms with E-state index in [9.17, 15) is 4.79 Å². The Kier molecular flexibility index (Phi) is 5.63. The smallest absolute Gasteiger partial charge is 0.262 e. The van der Waals surface area contributed by atoms with Gasteiger partial charge in [0.05, 0.1) is 7.11 Å². The average Bonchev–Trinajstić information content (AvgIpc) is 2.66. The molecule has 0 unspecified atom stereocenters. The molecule has 5 heteroatoms. The number of aryl methyl sites for hydroxylation is 2. The molecule has 2 aromatic rings. The number of anilines is 1. The number of carbonyl (C=O) groups is 1. The van der Waals surface area contributed by atoms with Crippen LogP contribution in [0.5, 0.6) is 17.2 Å². The summed E-state index contributed by atoms with van der Waals surface area (Å²) in [6.45, 7) is 7.92. The molecule has 5 nitrogen and oxygen atoms in total. The zero-order valence-corrected chi connectivity index (χ0v) is 17.1. The Morgan fingerprint density at radius 1 is 1.21 bits per heavy atom. The summed E-state index contributed by atoms with van der Waals surface area (Å²) in [4.78, 5) is 12.5. The van der Waals surface area contributed by atoms with Crippen molar-refractivity contribution < 1.29 is 19.0 Å². The van der Waals surface area contributed by atoms with Gasteiger partial charge in [0.2, 0.25) is 0 Å². The van der Waals surface area contributed by atoms with E-state index in [2.05, 4.69) is 12.2 Å². The molecule has 1 heterocycles. The van der Waals surface area contributed by atoms with Crippen LogP contribution in [-0.4, -0.2) is 25.2 Å². The molecule has 1 N–H and O–H groups in total. The van der Waals surface area contributed by atoms with E-state index in [-0.39, 0.29) is 18.1 Å². The fourth-order valence-corrected chi connectivity index (χ4v) is 3.18. The lowest BCUT2D eigenvalue weighted by atomic mass is 10.0. The maximum Gasteiger partial charge on any atom is 0.262 e. The van der Waals surface area contributed by atoms with Gasteiger partial charge in [0.1, 0.15) is 11.4 Å². The van der Waals surface area contributed by atoms with Gasteiger partial charge in [-0.25, -0.2) is 0 Å². The first kappa shape index (κ1) is 19.8. The number of fused-ring (bicyclic) bond motifs is 1. The van der Waals surface area contributed by atoms with Crippen LogP contribution in [0.1, 0.15) is 37.5 Å². The van der Waals surface area contributed by atoms with Crippen LogP contribution in [0.15, 0.2) is 36.4 Å². The number of hydrogen-bond donors (Lipinski definition) is 1. The highest BCUT2D eigenvalue weighted by Crippen LogP contribution is 2.39. The molecule has 148 valence electrons. The molecule has 0 radical (unpaired) electrons. The number of nitrogens with one attached hydrogen (secondary N) is 1. The van der Waals surface area contributed by atoms with Gasteiger partial charge in [-0.3, -0.25) is 4.79 Å². The van der Waals surface area contributed by atoms with Crippen LogP contribution in [0.3, 0.4) is 0 Å². The molecule has 2 aromatic carbocycles. The minimum absolute atomic E-state index is 0.108. The predicted octanol–water partition coefficient (Wildman–Crippen LogP) is 4.77. The Morgan fingerprint density at radius 2 is 2.00 bits per heavy atom. The molecule has 1 aliphatic heterocycles. The number of amides is 1. The van der Waals surface area contributed by atoms with Gasteiger partial charge < -0.3 is 19.5 Å². The van der Waals surface area contributed by atoms with E-state index < -0.39 is 0 Å². The second-order valence-corrected chi connectivity index (χ2v) is 7.38. The molecule has 0 aliphatic carbocycles. The molecular formula is C23H27NO4. The van der Waals surface area contributed by atoms with Gasteiger partial charge >= 0.3 is 0 Å². The third-order valence-corrected chi connectivity index (χ3v) is 4.70. The van der Waals surface area contributed by atoms with Crippen LogP contribution in [-0.2, 0) is 11.2 Å². The number of ether oxygens (including phenoxy) is 3. The molecule has 0 saturated heterocycles. The van der Waals surface area contributed by atoms with Gasteiger partial charge in [-0.2, -0.15) is 0 Å². The molecule has 0 spiro atoms. The summed E-state index contributed by atoms with van der Waals surface area (Å²) in [5.74, 6) is 1.55. The van der Waals surface area contributed by atoms with Crippen LogP contribution < -0.4 is 19.5 Å². The lowest BCUT2D eigenvalue weighted by Crippen LogP contribution is -2.27. The zero-order valence-electron chi connectivity index (χ0n) is 17.1. The van der Waals surface area contributed by atoms with E-state index >= 15 is 0 Å². The fourth-order valence-electron chi connectivity index (χ4n) is 3.18. The maximum atomic E-state index is 12.5. The standard InChI is InChI=1S/C23H27NO4/c1-6-16-9-7-8-15(2)22(16)24-21(25)14-27-20-12-17-10-11-23(3,4)28-18(17)13-19(20)26-5/h7-13H,6,14H2,1-5H3,(H,24,25). The molecule has 0 saturated carbocycles. The van der Waals surface area contributed by atoms with Crippen molar-refractivity contribution in [2.45, 2.75) is 39.7 Å². The third kappa shape index (κ3) is 4.30. The van der Waals surface area contributed by atoms with E-state index in [0.717, 1.165) is 34.5 Å². The van der Waals surface area contributed by atoms with Crippen LogP contribution in [0, 0.1) is 6.92 Å². The Hall–Kier alpha value is -2.95. The molecule has 28 heavy (non-hydrogen) atoms. The lowest BCUT2D eigenvalue weighted by molar-refractivity contribution is -0.118. The van der Waals surface area contributed by atoms with Crippen LogP contribution >= 0.6 is 0 Å². The maximum absolute atomic E-state index is 12.5. The summed E-state index contributed by atoms with van der Waals surface area (Å²) in [6, 6.07) is 9.62. The topological polar surface area (TPSA) is 56.8 Å². The van der Waals surface area contributed by atoms with Crippen LogP contribution in [0.2, 0.25) is 0 Å². The molecule has 0 aromatic heterocycles. The van der Waals surface area contributed by atoms with Crippen LogP contribution in [0.25, 0.3) is 6.08 Å². The number of benzene rings is 2. The quantitative estimate of drug-likeness (QED) is 0.783. The van der Waals surface area contributed by atoms with Gasteiger partial charge in [0.25, 0.3) is 5.91 Å². The van der Waals surface area contributed by atoms with Crippen LogP contribution in [0.4, 0.5) is 5.69 Å². The second kappa shape index (κ2) is 7.97. The second-order valence-electron chi connectivity index (χ2n) is 7.38. The first-order valence-corrected chi connectivity index (χ1v) is 9.44. The van der Waals surface area contributed by atoms with Gasteiger partial charge in [0.15, 0.2) is 18.1 Å². The molecule has 3 rings (SSSR count). The summed E-state index contributed by atoms with van der Waals surface area (Å²) >= 11 is 0. The van der Waals surface area contributed by atoms with E-state index in [1.165, 1.54) is 0 Å². The highest BCUT2D eigenvalue weighted by atomic mass is 16.5. The molecule has 0 fully saturated rings. The predicted molar refractivity (Wildman–Crippen MR) is 111 cm³/mol. The van der Waals surface area contributed by atoms with Gasteiger partial charge in [-0.15, -0.1) is 0 Å². The van der Waals surface area contributed by atoms with E-state index in [1.807, 2.05) is 57.2 Å². The summed E-state index contributed by atoms with van der Waals surface area (Å²) in [7, 11) is 1.57. The zero-order chi connectivity index (χ0) is 20.3. The van der Waals surface area contributed by atoms with Crippen molar-refractivity contribution >= 4 is 17.7 Å². The molecular weight excluding hydrogens is 354 g/mol. The first-order chi connectivity index (χ1) is 13.3. The highest BCUT2D eigenvalue weighted by Gasteiger charge is 2.24. The Morgan fingerprint density at radius 3 is 2.71 bits per heavy atom. The number of methoxy groups -OCH3 is 1. The minimum atomic E-state index is -0.370. The number of para-hydroxylation sites is 1. The van der Waals surface area contributed by atoms with Gasteiger partial charge in [-0.05, 0) is 50.5 Å². The van der Waals surface area contributed by atoms with Crippen molar-refractivity contribution in [3.8, 4) is 17.2 Å². The molecule has 0 bridgehead atoms. The summed E-state index contributed by atoms with van der Waals surface area (Å²) < 4.78 is 17.2. The fraction of sp³-hybridized carbons (Fsp3) is 0.348. The van der Waals surface area contributed by atoms with Crippen molar-refractivity contribution in [1.29, 1.82) is 0 Å². The number of rotatable bonds is 6. The summed E-state index contributed by atoms with van der Waals surface area (Å²) in [5, 5.41) is 2.97. The minimum Gasteiger partial charge on any atom is -0.493 e. The normalized spacial score (nSPS) is 14.0. The van der Waals surface area contributed by atoms with Crippen molar-refractivity contribution in [2.75, 3.05) is 19.0 Å².